The molecule has 1 saturated heterocycles. The van der Waals surface area contributed by atoms with Crippen LogP contribution in [0.3, 0.4) is 0 Å². The zero-order valence-electron chi connectivity index (χ0n) is 14.3. The van der Waals surface area contributed by atoms with Gasteiger partial charge in [0.05, 0.1) is 11.0 Å². The van der Waals surface area contributed by atoms with E-state index in [1.165, 1.54) is 0 Å². The minimum Gasteiger partial charge on any atom is -0.367 e. The minimum absolute atomic E-state index is 0.247. The molecule has 24 heavy (non-hydrogen) atoms. The standard InChI is InChI=1S/C18H24F3NO2/c1-17(2,3)16(23)24-22-10-8-14(9-11-22)12-13-4-6-15(7-5-13)18(19,20)21/h4-7,14H,8-12H2,1-3H3. The molecular formula is C18H24F3NO2. The molecular weight excluding hydrogens is 319 g/mol. The Morgan fingerprint density at radius 1 is 1.12 bits per heavy atom. The molecule has 0 spiro atoms. The van der Waals surface area contributed by atoms with Crippen LogP contribution in [0.4, 0.5) is 13.2 Å². The smallest absolute Gasteiger partial charge is 0.367 e. The van der Waals surface area contributed by atoms with Crippen molar-refractivity contribution in [1.29, 1.82) is 0 Å². The van der Waals surface area contributed by atoms with E-state index >= 15 is 0 Å². The lowest BCUT2D eigenvalue weighted by atomic mass is 9.90. The van der Waals surface area contributed by atoms with Crippen molar-refractivity contribution in [3.8, 4) is 0 Å². The summed E-state index contributed by atoms with van der Waals surface area (Å²) in [7, 11) is 0. The first-order chi connectivity index (χ1) is 11.1. The van der Waals surface area contributed by atoms with Crippen LogP contribution in [0.5, 0.6) is 0 Å². The molecule has 1 aliphatic rings. The third-order valence-corrected chi connectivity index (χ3v) is 4.20. The van der Waals surface area contributed by atoms with Gasteiger partial charge in [0.25, 0.3) is 0 Å². The van der Waals surface area contributed by atoms with Gasteiger partial charge in [-0.1, -0.05) is 12.1 Å². The summed E-state index contributed by atoms with van der Waals surface area (Å²) in [6.07, 6.45) is -1.82. The maximum Gasteiger partial charge on any atom is 0.416 e. The second-order valence-corrected chi connectivity index (χ2v) is 7.40. The highest BCUT2D eigenvalue weighted by atomic mass is 19.4. The Morgan fingerprint density at radius 3 is 2.12 bits per heavy atom. The van der Waals surface area contributed by atoms with Crippen LogP contribution in [-0.2, 0) is 22.2 Å². The number of nitrogens with zero attached hydrogens (tertiary/aromatic N) is 1. The molecule has 1 fully saturated rings. The second-order valence-electron chi connectivity index (χ2n) is 7.40. The van der Waals surface area contributed by atoms with E-state index in [1.807, 2.05) is 20.8 Å². The van der Waals surface area contributed by atoms with Crippen LogP contribution in [0.1, 0.15) is 44.7 Å². The number of carbonyl (C=O) groups is 1. The summed E-state index contributed by atoms with van der Waals surface area (Å²) in [5.41, 5.74) is -0.236. The van der Waals surface area contributed by atoms with Crippen LogP contribution in [-0.4, -0.2) is 24.1 Å². The molecule has 134 valence electrons. The fourth-order valence-corrected chi connectivity index (χ4v) is 2.62. The maximum atomic E-state index is 12.6. The zero-order chi connectivity index (χ0) is 18.0. The largest absolute Gasteiger partial charge is 0.416 e. The van der Waals surface area contributed by atoms with Crippen LogP contribution in [0.2, 0.25) is 0 Å². The average molecular weight is 343 g/mol. The van der Waals surface area contributed by atoms with Crippen LogP contribution in [0.15, 0.2) is 24.3 Å². The van der Waals surface area contributed by atoms with E-state index in [1.54, 1.807) is 17.2 Å². The molecule has 1 heterocycles. The third-order valence-electron chi connectivity index (χ3n) is 4.20. The average Bonchev–Trinajstić information content (AvgIpc) is 2.48. The number of hydroxylamine groups is 2. The van der Waals surface area contributed by atoms with Crippen molar-refractivity contribution < 1.29 is 22.8 Å². The molecule has 0 atom stereocenters. The third kappa shape index (κ3) is 5.23. The Kier molecular flexibility index (Phi) is 5.58. The lowest BCUT2D eigenvalue weighted by molar-refractivity contribution is -0.206. The molecule has 0 unspecified atom stereocenters. The molecule has 0 N–H and O–H groups in total. The van der Waals surface area contributed by atoms with E-state index in [2.05, 4.69) is 0 Å². The van der Waals surface area contributed by atoms with Gasteiger partial charge >= 0.3 is 12.1 Å². The number of carbonyl (C=O) groups excluding carboxylic acids is 1. The molecule has 2 rings (SSSR count). The summed E-state index contributed by atoms with van der Waals surface area (Å²) in [5.74, 6) is 0.148. The van der Waals surface area contributed by atoms with E-state index in [9.17, 15) is 18.0 Å². The van der Waals surface area contributed by atoms with Gasteiger partial charge in [-0.05, 0) is 63.6 Å². The van der Waals surface area contributed by atoms with Gasteiger partial charge in [-0.15, -0.1) is 5.06 Å². The van der Waals surface area contributed by atoms with Gasteiger partial charge in [-0.3, -0.25) is 0 Å². The van der Waals surface area contributed by atoms with E-state index in [0.29, 0.717) is 19.0 Å². The summed E-state index contributed by atoms with van der Waals surface area (Å²) in [6, 6.07) is 5.37. The Hall–Kier alpha value is -1.56. The summed E-state index contributed by atoms with van der Waals surface area (Å²) in [6.45, 7) is 6.76. The van der Waals surface area contributed by atoms with E-state index in [4.69, 9.17) is 4.84 Å². The SMILES string of the molecule is CC(C)(C)C(=O)ON1CCC(Cc2ccc(C(F)(F)F)cc2)CC1. The number of rotatable bonds is 3. The normalized spacial score (nSPS) is 17.8. The van der Waals surface area contributed by atoms with Gasteiger partial charge in [0.1, 0.15) is 0 Å². The van der Waals surface area contributed by atoms with E-state index in [-0.39, 0.29) is 5.97 Å². The predicted octanol–water partition coefficient (Wildman–Crippen LogP) is 4.46. The Morgan fingerprint density at radius 2 is 1.67 bits per heavy atom. The maximum absolute atomic E-state index is 12.6. The molecule has 1 aromatic carbocycles. The number of alkyl halides is 3. The summed E-state index contributed by atoms with van der Waals surface area (Å²) >= 11 is 0. The molecule has 1 aliphatic heterocycles. The fourth-order valence-electron chi connectivity index (χ4n) is 2.62. The Labute approximate surface area is 140 Å². The van der Waals surface area contributed by atoms with Crippen LogP contribution in [0.25, 0.3) is 0 Å². The van der Waals surface area contributed by atoms with Gasteiger partial charge in [0.2, 0.25) is 0 Å². The number of halogens is 3. The molecule has 0 saturated carbocycles. The molecule has 0 radical (unpaired) electrons. The van der Waals surface area contributed by atoms with E-state index < -0.39 is 17.2 Å². The highest BCUT2D eigenvalue weighted by Gasteiger charge is 2.30. The Bertz CT molecular complexity index is 553. The zero-order valence-corrected chi connectivity index (χ0v) is 14.3. The first-order valence-electron chi connectivity index (χ1n) is 8.19. The molecule has 0 aliphatic carbocycles. The van der Waals surface area contributed by atoms with Crippen molar-refractivity contribution in [3.63, 3.8) is 0 Å². The van der Waals surface area contributed by atoms with Crippen molar-refractivity contribution in [3.05, 3.63) is 35.4 Å². The molecule has 6 heteroatoms. The quantitative estimate of drug-likeness (QED) is 0.811. The number of hydrogen-bond donors (Lipinski definition) is 0. The predicted molar refractivity (Wildman–Crippen MR) is 85.0 cm³/mol. The van der Waals surface area contributed by atoms with Crippen molar-refractivity contribution in [2.45, 2.75) is 46.2 Å². The van der Waals surface area contributed by atoms with Crippen molar-refractivity contribution in [2.24, 2.45) is 11.3 Å². The van der Waals surface area contributed by atoms with Gasteiger partial charge in [0.15, 0.2) is 0 Å². The topological polar surface area (TPSA) is 29.5 Å². The van der Waals surface area contributed by atoms with Gasteiger partial charge in [-0.2, -0.15) is 13.2 Å². The first-order valence-corrected chi connectivity index (χ1v) is 8.19. The van der Waals surface area contributed by atoms with Gasteiger partial charge < -0.3 is 4.84 Å². The number of hydrogen-bond acceptors (Lipinski definition) is 3. The molecule has 0 amide bonds. The molecule has 0 bridgehead atoms. The summed E-state index contributed by atoms with van der Waals surface area (Å²) < 4.78 is 37.7. The Balaban J connectivity index is 1.82. The lowest BCUT2D eigenvalue weighted by Gasteiger charge is -2.32. The molecule has 1 aromatic rings. The highest BCUT2D eigenvalue weighted by Crippen LogP contribution is 2.30. The molecule has 0 aromatic heterocycles. The summed E-state index contributed by atoms with van der Waals surface area (Å²) in [5, 5.41) is 1.69. The van der Waals surface area contributed by atoms with Gasteiger partial charge in [-0.25, -0.2) is 4.79 Å². The number of benzene rings is 1. The van der Waals surface area contributed by atoms with Crippen molar-refractivity contribution in [1.82, 2.24) is 5.06 Å². The number of piperidine rings is 1. The fraction of sp³-hybridized carbons (Fsp3) is 0.611. The summed E-state index contributed by atoms with van der Waals surface area (Å²) in [4.78, 5) is 17.2. The van der Waals surface area contributed by atoms with Crippen molar-refractivity contribution in [2.75, 3.05) is 13.1 Å². The highest BCUT2D eigenvalue weighted by molar-refractivity contribution is 5.75. The van der Waals surface area contributed by atoms with Crippen LogP contribution in [0, 0.1) is 11.3 Å². The second kappa shape index (κ2) is 7.13. The van der Waals surface area contributed by atoms with Crippen LogP contribution >= 0.6 is 0 Å². The minimum atomic E-state index is -4.29. The van der Waals surface area contributed by atoms with Crippen molar-refractivity contribution >= 4 is 5.97 Å². The molecule has 3 nitrogen and oxygen atoms in total. The van der Waals surface area contributed by atoms with Crippen LogP contribution < -0.4 is 0 Å². The lowest BCUT2D eigenvalue weighted by Crippen LogP contribution is -2.39. The monoisotopic (exact) mass is 343 g/mol. The van der Waals surface area contributed by atoms with E-state index in [0.717, 1.165) is 37.0 Å². The first kappa shape index (κ1) is 18.8. The van der Waals surface area contributed by atoms with Gasteiger partial charge in [0, 0.05) is 13.1 Å².